The van der Waals surface area contributed by atoms with Gasteiger partial charge in [-0.15, -0.1) is 24.0 Å². The molecule has 2 fully saturated rings. The maximum atomic E-state index is 6.32. The molecule has 1 aliphatic heterocycles. The molecule has 7 nitrogen and oxygen atoms in total. The van der Waals surface area contributed by atoms with Crippen LogP contribution in [0.2, 0.25) is 0 Å². The van der Waals surface area contributed by atoms with E-state index in [4.69, 9.17) is 23.9 Å². The van der Waals surface area contributed by atoms with Gasteiger partial charge in [0, 0.05) is 31.9 Å². The van der Waals surface area contributed by atoms with Crippen LogP contribution in [0.5, 0.6) is 11.5 Å². The van der Waals surface area contributed by atoms with Crippen molar-refractivity contribution in [3.63, 3.8) is 0 Å². The van der Waals surface area contributed by atoms with E-state index in [-0.39, 0.29) is 36.2 Å². The Morgan fingerprint density at radius 2 is 2.00 bits per heavy atom. The zero-order valence-electron chi connectivity index (χ0n) is 18.9. The van der Waals surface area contributed by atoms with Gasteiger partial charge in [0.2, 0.25) is 0 Å². The Hall–Kier alpha value is -1.26. The lowest BCUT2D eigenvalue weighted by molar-refractivity contribution is 0.0420. The molecule has 0 bridgehead atoms. The largest absolute Gasteiger partial charge is 0.493 e. The fraction of sp³-hybridized carbons (Fsp3) is 0.696. The van der Waals surface area contributed by atoms with Crippen LogP contribution in [0.4, 0.5) is 0 Å². The van der Waals surface area contributed by atoms with Crippen LogP contribution < -0.4 is 20.1 Å². The highest BCUT2D eigenvalue weighted by atomic mass is 127. The molecule has 2 aliphatic rings. The van der Waals surface area contributed by atoms with E-state index in [0.717, 1.165) is 81.6 Å². The summed E-state index contributed by atoms with van der Waals surface area (Å²) in [7, 11) is 1.69. The Morgan fingerprint density at radius 1 is 1.16 bits per heavy atom. The molecule has 1 atom stereocenters. The van der Waals surface area contributed by atoms with E-state index in [9.17, 15) is 0 Å². The van der Waals surface area contributed by atoms with Crippen LogP contribution in [0.15, 0.2) is 23.2 Å². The molecular formula is C23H38IN3O4. The Balaban J connectivity index is 0.00000341. The number of ether oxygens (including phenoxy) is 4. The molecule has 1 unspecified atom stereocenters. The number of rotatable bonds is 11. The van der Waals surface area contributed by atoms with E-state index >= 15 is 0 Å². The van der Waals surface area contributed by atoms with Gasteiger partial charge in [-0.3, -0.25) is 0 Å². The molecule has 0 spiro atoms. The van der Waals surface area contributed by atoms with Crippen molar-refractivity contribution in [3.8, 4) is 11.5 Å². The normalized spacial score (nSPS) is 19.2. The van der Waals surface area contributed by atoms with Crippen molar-refractivity contribution >= 4 is 29.9 Å². The van der Waals surface area contributed by atoms with Gasteiger partial charge >= 0.3 is 0 Å². The smallest absolute Gasteiger partial charge is 0.191 e. The van der Waals surface area contributed by atoms with Gasteiger partial charge in [-0.05, 0) is 51.5 Å². The van der Waals surface area contributed by atoms with Crippen molar-refractivity contribution in [2.24, 2.45) is 4.99 Å². The van der Waals surface area contributed by atoms with E-state index in [1.165, 1.54) is 12.8 Å². The SMILES string of the molecule is CCNC(=NCc1cccc(OC)c1OC1CCCC1)NCCCOC1CCOC1.I. The molecule has 0 aromatic heterocycles. The predicted octanol–water partition coefficient (Wildman–Crippen LogP) is 3.89. The van der Waals surface area contributed by atoms with Crippen LogP contribution in [0.25, 0.3) is 0 Å². The second-order valence-corrected chi connectivity index (χ2v) is 7.80. The molecular weight excluding hydrogens is 509 g/mol. The summed E-state index contributed by atoms with van der Waals surface area (Å²) in [5.41, 5.74) is 1.04. The summed E-state index contributed by atoms with van der Waals surface area (Å²) in [4.78, 5) is 4.77. The van der Waals surface area contributed by atoms with Crippen LogP contribution in [0.1, 0.15) is 51.0 Å². The quantitative estimate of drug-likeness (QED) is 0.190. The van der Waals surface area contributed by atoms with Gasteiger partial charge < -0.3 is 29.6 Å². The summed E-state index contributed by atoms with van der Waals surface area (Å²) >= 11 is 0. The van der Waals surface area contributed by atoms with E-state index in [1.54, 1.807) is 7.11 Å². The van der Waals surface area contributed by atoms with Crippen LogP contribution in [-0.2, 0) is 16.0 Å². The Labute approximate surface area is 203 Å². The van der Waals surface area contributed by atoms with Crippen molar-refractivity contribution in [1.82, 2.24) is 10.6 Å². The highest BCUT2D eigenvalue weighted by Crippen LogP contribution is 2.35. The number of para-hydroxylation sites is 1. The molecule has 1 aromatic carbocycles. The molecule has 0 amide bonds. The fourth-order valence-electron chi connectivity index (χ4n) is 3.83. The second-order valence-electron chi connectivity index (χ2n) is 7.80. The summed E-state index contributed by atoms with van der Waals surface area (Å²) < 4.78 is 23.0. The molecule has 1 heterocycles. The average Bonchev–Trinajstić information content (AvgIpc) is 3.46. The zero-order valence-corrected chi connectivity index (χ0v) is 21.2. The third kappa shape index (κ3) is 8.65. The maximum Gasteiger partial charge on any atom is 0.191 e. The number of nitrogens with one attached hydrogen (secondary N) is 2. The van der Waals surface area contributed by atoms with Gasteiger partial charge in [0.25, 0.3) is 0 Å². The summed E-state index contributed by atoms with van der Waals surface area (Å²) in [6, 6.07) is 6.02. The van der Waals surface area contributed by atoms with E-state index in [2.05, 4.69) is 23.6 Å². The predicted molar refractivity (Wildman–Crippen MR) is 134 cm³/mol. The number of aliphatic imine (C=N–C) groups is 1. The van der Waals surface area contributed by atoms with Crippen molar-refractivity contribution < 1.29 is 18.9 Å². The number of nitrogens with zero attached hydrogens (tertiary/aromatic N) is 1. The molecule has 176 valence electrons. The molecule has 1 aliphatic carbocycles. The fourth-order valence-corrected chi connectivity index (χ4v) is 3.83. The van der Waals surface area contributed by atoms with Crippen LogP contribution >= 0.6 is 24.0 Å². The lowest BCUT2D eigenvalue weighted by atomic mass is 10.1. The lowest BCUT2D eigenvalue weighted by Gasteiger charge is -2.19. The highest BCUT2D eigenvalue weighted by molar-refractivity contribution is 14.0. The van der Waals surface area contributed by atoms with Gasteiger partial charge in [-0.25, -0.2) is 4.99 Å². The number of hydrogen-bond donors (Lipinski definition) is 2. The molecule has 0 radical (unpaired) electrons. The number of hydrogen-bond acceptors (Lipinski definition) is 5. The summed E-state index contributed by atoms with van der Waals surface area (Å²) in [6.07, 6.45) is 7.16. The van der Waals surface area contributed by atoms with Gasteiger partial charge in [0.1, 0.15) is 0 Å². The van der Waals surface area contributed by atoms with Crippen LogP contribution in [0, 0.1) is 0 Å². The Kier molecular flexibility index (Phi) is 12.4. The molecule has 1 saturated heterocycles. The number of guanidine groups is 1. The lowest BCUT2D eigenvalue weighted by Crippen LogP contribution is -2.38. The summed E-state index contributed by atoms with van der Waals surface area (Å²) in [6.45, 7) is 6.50. The second kappa shape index (κ2) is 14.7. The molecule has 1 saturated carbocycles. The Morgan fingerprint density at radius 3 is 2.71 bits per heavy atom. The van der Waals surface area contributed by atoms with Crippen molar-refractivity contribution in [2.45, 2.75) is 64.2 Å². The van der Waals surface area contributed by atoms with Gasteiger partial charge in [-0.2, -0.15) is 0 Å². The van der Waals surface area contributed by atoms with E-state index in [0.29, 0.717) is 6.54 Å². The van der Waals surface area contributed by atoms with Crippen molar-refractivity contribution in [1.29, 1.82) is 0 Å². The number of halogens is 1. The first-order valence-corrected chi connectivity index (χ1v) is 11.3. The summed E-state index contributed by atoms with van der Waals surface area (Å²) in [5, 5.41) is 6.71. The minimum atomic E-state index is 0. The van der Waals surface area contributed by atoms with Gasteiger partial charge in [0.05, 0.1) is 32.5 Å². The minimum Gasteiger partial charge on any atom is -0.493 e. The molecule has 2 N–H and O–H groups in total. The number of methoxy groups -OCH3 is 1. The minimum absolute atomic E-state index is 0. The van der Waals surface area contributed by atoms with E-state index in [1.807, 2.05) is 12.1 Å². The first kappa shape index (κ1) is 26.0. The highest BCUT2D eigenvalue weighted by Gasteiger charge is 2.20. The third-order valence-corrected chi connectivity index (χ3v) is 5.47. The molecule has 8 heteroatoms. The van der Waals surface area contributed by atoms with Crippen molar-refractivity contribution in [3.05, 3.63) is 23.8 Å². The standard InChI is InChI=1S/C23H37N3O4.HI/c1-3-24-23(25-13-7-14-29-20-12-15-28-17-20)26-16-18-8-6-11-21(27-2)22(18)30-19-9-4-5-10-19;/h6,8,11,19-20H,3-5,7,9-10,12-17H2,1-2H3,(H2,24,25,26);1H. The topological polar surface area (TPSA) is 73.3 Å². The van der Waals surface area contributed by atoms with Gasteiger partial charge in [-0.1, -0.05) is 12.1 Å². The first-order valence-electron chi connectivity index (χ1n) is 11.3. The zero-order chi connectivity index (χ0) is 21.0. The Bertz CT molecular complexity index is 662. The summed E-state index contributed by atoms with van der Waals surface area (Å²) in [5.74, 6) is 2.41. The van der Waals surface area contributed by atoms with Crippen molar-refractivity contribution in [2.75, 3.05) is 40.0 Å². The first-order chi connectivity index (χ1) is 14.8. The third-order valence-electron chi connectivity index (χ3n) is 5.47. The van der Waals surface area contributed by atoms with Gasteiger partial charge in [0.15, 0.2) is 17.5 Å². The average molecular weight is 547 g/mol. The molecule has 3 rings (SSSR count). The van der Waals surface area contributed by atoms with E-state index < -0.39 is 0 Å². The van der Waals surface area contributed by atoms with Crippen LogP contribution in [0.3, 0.4) is 0 Å². The number of benzene rings is 1. The molecule has 1 aromatic rings. The molecule has 31 heavy (non-hydrogen) atoms. The maximum absolute atomic E-state index is 6.32. The van der Waals surface area contributed by atoms with Crippen LogP contribution in [-0.4, -0.2) is 58.2 Å². The monoisotopic (exact) mass is 547 g/mol.